The number of thioether (sulfide) groups is 1. The van der Waals surface area contributed by atoms with Gasteiger partial charge in [0.15, 0.2) is 0 Å². The summed E-state index contributed by atoms with van der Waals surface area (Å²) in [6.45, 7) is 7.65. The molecule has 1 aromatic carbocycles. The van der Waals surface area contributed by atoms with Crippen LogP contribution in [0.3, 0.4) is 0 Å². The molecule has 242 valence electrons. The fourth-order valence-corrected chi connectivity index (χ4v) is 8.27. The lowest BCUT2D eigenvalue weighted by Crippen LogP contribution is -2.58. The Morgan fingerprint density at radius 3 is 2.46 bits per heavy atom. The number of pyridine rings is 1. The molecular formula is C32H29ClF5N5O2S. The maximum Gasteiger partial charge on any atom is 0.417 e. The number of hydrogen-bond acceptors (Lipinski definition) is 6. The van der Waals surface area contributed by atoms with Crippen molar-refractivity contribution >= 4 is 51.6 Å². The molecule has 1 aliphatic carbocycles. The molecule has 0 unspecified atom stereocenters. The Balaban J connectivity index is 1.64. The van der Waals surface area contributed by atoms with Crippen molar-refractivity contribution in [3.63, 3.8) is 0 Å². The predicted octanol–water partition coefficient (Wildman–Crippen LogP) is 6.86. The molecule has 0 saturated carbocycles. The summed E-state index contributed by atoms with van der Waals surface area (Å²) < 4.78 is 76.3. The van der Waals surface area contributed by atoms with Crippen molar-refractivity contribution in [2.75, 3.05) is 23.7 Å². The van der Waals surface area contributed by atoms with Gasteiger partial charge in [-0.3, -0.25) is 14.3 Å². The molecule has 0 bridgehead atoms. The first-order valence-corrected chi connectivity index (χ1v) is 16.0. The first kappa shape index (κ1) is 32.2. The van der Waals surface area contributed by atoms with E-state index in [0.717, 1.165) is 29.5 Å². The summed E-state index contributed by atoms with van der Waals surface area (Å²) in [5, 5.41) is -0.406. The molecule has 2 aliphatic heterocycles. The van der Waals surface area contributed by atoms with Crippen LogP contribution in [0.2, 0.25) is 0 Å². The lowest BCUT2D eigenvalue weighted by atomic mass is 9.89. The number of nitrogens with zero attached hydrogens (tertiary/aromatic N) is 5. The molecule has 3 aromatic rings. The number of carbonyl (C=O) groups is 1. The smallest absolute Gasteiger partial charge is 0.352 e. The molecule has 1 fully saturated rings. The highest BCUT2D eigenvalue weighted by atomic mass is 35.5. The molecular weight excluding hydrogens is 649 g/mol. The van der Waals surface area contributed by atoms with E-state index in [4.69, 9.17) is 11.6 Å². The molecule has 4 atom stereocenters. The molecule has 4 heterocycles. The van der Waals surface area contributed by atoms with Gasteiger partial charge in [0.1, 0.15) is 17.8 Å². The number of carbonyl (C=O) groups excluding carboxylic acids is 1. The Morgan fingerprint density at radius 1 is 1.15 bits per heavy atom. The number of allylic oxidation sites excluding steroid dienone is 4. The molecule has 0 radical (unpaired) electrons. The second-order valence-corrected chi connectivity index (χ2v) is 13.2. The summed E-state index contributed by atoms with van der Waals surface area (Å²) in [4.78, 5) is 38.2. The number of amides is 1. The summed E-state index contributed by atoms with van der Waals surface area (Å²) in [7, 11) is 0. The number of anilines is 1. The van der Waals surface area contributed by atoms with E-state index in [1.165, 1.54) is 10.6 Å². The third kappa shape index (κ3) is 5.61. The van der Waals surface area contributed by atoms with Gasteiger partial charge in [-0.25, -0.2) is 13.6 Å². The highest BCUT2D eigenvalue weighted by Crippen LogP contribution is 2.50. The quantitative estimate of drug-likeness (QED) is 0.222. The van der Waals surface area contributed by atoms with Crippen molar-refractivity contribution in [1.29, 1.82) is 0 Å². The van der Waals surface area contributed by atoms with E-state index in [2.05, 4.69) is 16.5 Å². The molecule has 1 amide bonds. The van der Waals surface area contributed by atoms with Gasteiger partial charge in [0, 0.05) is 78.0 Å². The maximum atomic E-state index is 15.6. The van der Waals surface area contributed by atoms with E-state index in [-0.39, 0.29) is 70.9 Å². The Labute approximate surface area is 270 Å². The van der Waals surface area contributed by atoms with Crippen LogP contribution in [0.5, 0.6) is 0 Å². The average Bonchev–Trinajstić information content (AvgIpc) is 3.21. The van der Waals surface area contributed by atoms with Crippen LogP contribution in [0, 0.1) is 0 Å². The van der Waals surface area contributed by atoms with Crippen LogP contribution in [-0.2, 0) is 17.5 Å². The maximum absolute atomic E-state index is 15.6. The Bertz CT molecular complexity index is 1850. The molecule has 0 spiro atoms. The van der Waals surface area contributed by atoms with Crippen molar-refractivity contribution in [2.24, 2.45) is 0 Å². The minimum absolute atomic E-state index is 0.0420. The van der Waals surface area contributed by atoms with E-state index < -0.39 is 52.0 Å². The van der Waals surface area contributed by atoms with Crippen molar-refractivity contribution in [3.05, 3.63) is 87.4 Å². The zero-order valence-electron chi connectivity index (χ0n) is 24.8. The number of benzene rings is 1. The minimum atomic E-state index is -4.96. The molecule has 2 aromatic heterocycles. The second kappa shape index (κ2) is 12.1. The number of halogens is 6. The third-order valence-electron chi connectivity index (χ3n) is 8.69. The fourth-order valence-electron chi connectivity index (χ4n) is 6.68. The van der Waals surface area contributed by atoms with Crippen LogP contribution in [0.25, 0.3) is 16.5 Å². The van der Waals surface area contributed by atoms with Crippen LogP contribution in [0.1, 0.15) is 42.9 Å². The van der Waals surface area contributed by atoms with Crippen LogP contribution >= 0.6 is 23.4 Å². The van der Waals surface area contributed by atoms with Gasteiger partial charge in [-0.1, -0.05) is 18.2 Å². The molecule has 6 rings (SSSR count). The lowest BCUT2D eigenvalue weighted by Gasteiger charge is -2.44. The number of rotatable bonds is 4. The van der Waals surface area contributed by atoms with Gasteiger partial charge in [-0.05, 0) is 55.3 Å². The van der Waals surface area contributed by atoms with Crippen molar-refractivity contribution in [3.8, 4) is 0 Å². The van der Waals surface area contributed by atoms with Gasteiger partial charge >= 0.3 is 11.9 Å². The summed E-state index contributed by atoms with van der Waals surface area (Å²) in [5.74, 6) is -1.27. The number of alkyl halides is 4. The molecule has 3 aliphatic rings. The standard InChI is InChI=1S/C32H29ClF5N5O2S/c1-4-26(44)43-16(2)12-41(13-17(43)3)30-21-9-22(32(36,37)38)27(20-10-23(33)25(35)11-24(20)34)29-28(21)42(31(45)40-30)14-19(15-46-29)18-5-7-39-8-6-18/h4-10,16-17,19,24H,1,11-15H2,2-3H3/t16-,17+,19-,24-/m0/s1. The zero-order valence-corrected chi connectivity index (χ0v) is 26.4. The number of piperazine rings is 1. The summed E-state index contributed by atoms with van der Waals surface area (Å²) in [5.41, 5.74) is -1.69. The van der Waals surface area contributed by atoms with Crippen LogP contribution in [0.4, 0.5) is 27.8 Å². The second-order valence-electron chi connectivity index (χ2n) is 11.7. The van der Waals surface area contributed by atoms with E-state index in [9.17, 15) is 14.0 Å². The normalized spacial score (nSPS) is 23.8. The highest BCUT2D eigenvalue weighted by Gasteiger charge is 2.42. The predicted molar refractivity (Wildman–Crippen MR) is 168 cm³/mol. The van der Waals surface area contributed by atoms with E-state index >= 15 is 17.6 Å². The van der Waals surface area contributed by atoms with Crippen LogP contribution in [0.15, 0.2) is 69.9 Å². The lowest BCUT2D eigenvalue weighted by molar-refractivity contribution is -0.138. The summed E-state index contributed by atoms with van der Waals surface area (Å²) >= 11 is 7.10. The van der Waals surface area contributed by atoms with Gasteiger partial charge < -0.3 is 9.80 Å². The number of aromatic nitrogens is 3. The molecule has 14 heteroatoms. The SMILES string of the molecule is C=CC(=O)N1[C@H](C)CN(c2nc(=O)n3c4c(c(C5=CC(Cl)=C(F)C[C@@H]5F)c(C(F)(F)F)cc24)SC[C@@H](c2ccncc2)C3)C[C@@H]1C. The topological polar surface area (TPSA) is 71.3 Å². The summed E-state index contributed by atoms with van der Waals surface area (Å²) in [6, 6.07) is 3.70. The largest absolute Gasteiger partial charge is 0.417 e. The zero-order chi connectivity index (χ0) is 33.1. The van der Waals surface area contributed by atoms with Gasteiger partial charge in [0.25, 0.3) is 0 Å². The highest BCUT2D eigenvalue weighted by molar-refractivity contribution is 7.99. The van der Waals surface area contributed by atoms with Crippen molar-refractivity contribution in [2.45, 2.75) is 62.1 Å². The molecule has 7 nitrogen and oxygen atoms in total. The summed E-state index contributed by atoms with van der Waals surface area (Å²) in [6.07, 6.45) is -2.57. The fraction of sp³-hybridized carbons (Fsp3) is 0.375. The molecule has 1 saturated heterocycles. The first-order chi connectivity index (χ1) is 21.8. The number of hydrogen-bond donors (Lipinski definition) is 0. The Morgan fingerprint density at radius 2 is 1.83 bits per heavy atom. The van der Waals surface area contributed by atoms with E-state index in [1.54, 1.807) is 48.2 Å². The van der Waals surface area contributed by atoms with Crippen molar-refractivity contribution in [1.82, 2.24) is 19.4 Å². The molecule has 46 heavy (non-hydrogen) atoms. The van der Waals surface area contributed by atoms with E-state index in [0.29, 0.717) is 0 Å². The third-order valence-corrected chi connectivity index (χ3v) is 10.3. The van der Waals surface area contributed by atoms with Crippen LogP contribution in [-0.4, -0.2) is 62.4 Å². The Hall–Kier alpha value is -3.71. The minimum Gasteiger partial charge on any atom is -0.352 e. The monoisotopic (exact) mass is 677 g/mol. The average molecular weight is 678 g/mol. The van der Waals surface area contributed by atoms with Crippen LogP contribution < -0.4 is 10.6 Å². The first-order valence-electron chi connectivity index (χ1n) is 14.6. The van der Waals surface area contributed by atoms with Gasteiger partial charge in [0.05, 0.1) is 16.1 Å². The van der Waals surface area contributed by atoms with Gasteiger partial charge in [0.2, 0.25) is 5.91 Å². The van der Waals surface area contributed by atoms with Gasteiger partial charge in [-0.2, -0.15) is 18.2 Å². The Kier molecular flexibility index (Phi) is 8.51. The van der Waals surface area contributed by atoms with Crippen molar-refractivity contribution < 1.29 is 26.7 Å². The van der Waals surface area contributed by atoms with Gasteiger partial charge in [-0.15, -0.1) is 11.8 Å². The van der Waals surface area contributed by atoms with E-state index in [1.807, 2.05) is 0 Å². The molecule has 0 N–H and O–H groups in total.